The number of hydrogen-bond donors (Lipinski definition) is 2. The van der Waals surface area contributed by atoms with Gasteiger partial charge in [-0.2, -0.15) is 10.2 Å². The molecular weight excluding hydrogens is 422 g/mol. The SMILES string of the molecule is Cc1ccc2oc(-c3c4c(N)n[nH]c(=O)c4nn3C3CCN(C(=O)CN(C)C)C3)c(C)c2c1. The number of benzene rings is 1. The molecule has 1 aliphatic heterocycles. The summed E-state index contributed by atoms with van der Waals surface area (Å²) >= 11 is 0. The van der Waals surface area contributed by atoms with Crippen molar-refractivity contribution in [3.05, 3.63) is 39.7 Å². The highest BCUT2D eigenvalue weighted by Crippen LogP contribution is 2.40. The number of nitrogens with two attached hydrogens (primary N) is 1. The number of nitrogens with zero attached hydrogens (tertiary/aromatic N) is 5. The lowest BCUT2D eigenvalue weighted by atomic mass is 10.1. The number of aromatic amines is 1. The van der Waals surface area contributed by atoms with Crippen molar-refractivity contribution in [3.63, 3.8) is 0 Å². The lowest BCUT2D eigenvalue weighted by molar-refractivity contribution is -0.130. The number of carbonyl (C=O) groups is 1. The maximum Gasteiger partial charge on any atom is 0.292 e. The third kappa shape index (κ3) is 3.46. The lowest BCUT2D eigenvalue weighted by Gasteiger charge is -2.19. The number of nitrogens with one attached hydrogen (secondary N) is 1. The van der Waals surface area contributed by atoms with E-state index in [2.05, 4.69) is 21.4 Å². The fourth-order valence-electron chi connectivity index (χ4n) is 4.64. The molecule has 4 heterocycles. The molecular formula is C23H27N7O3. The van der Waals surface area contributed by atoms with Gasteiger partial charge in [-0.3, -0.25) is 14.3 Å². The summed E-state index contributed by atoms with van der Waals surface area (Å²) in [6, 6.07) is 5.89. The number of H-pyrrole nitrogens is 1. The number of amides is 1. The van der Waals surface area contributed by atoms with Crippen LogP contribution >= 0.6 is 0 Å². The molecule has 5 rings (SSSR count). The van der Waals surface area contributed by atoms with Crippen LogP contribution in [0.2, 0.25) is 0 Å². The van der Waals surface area contributed by atoms with Gasteiger partial charge in [-0.15, -0.1) is 0 Å². The summed E-state index contributed by atoms with van der Waals surface area (Å²) in [4.78, 5) is 28.9. The predicted octanol–water partition coefficient (Wildman–Crippen LogP) is 2.07. The summed E-state index contributed by atoms with van der Waals surface area (Å²) in [5, 5.41) is 12.5. The first-order chi connectivity index (χ1) is 15.7. The van der Waals surface area contributed by atoms with E-state index in [1.54, 1.807) is 4.68 Å². The zero-order chi connectivity index (χ0) is 23.4. The molecule has 0 bridgehead atoms. The fraction of sp³-hybridized carbons (Fsp3) is 0.391. The quantitative estimate of drug-likeness (QED) is 0.488. The average Bonchev–Trinajstić information content (AvgIpc) is 3.46. The van der Waals surface area contributed by atoms with Crippen LogP contribution in [-0.2, 0) is 4.79 Å². The van der Waals surface area contributed by atoms with Crippen LogP contribution in [0.25, 0.3) is 33.3 Å². The Balaban J connectivity index is 1.69. The Morgan fingerprint density at radius 3 is 2.88 bits per heavy atom. The molecule has 0 saturated carbocycles. The van der Waals surface area contributed by atoms with E-state index in [4.69, 9.17) is 10.2 Å². The van der Waals surface area contributed by atoms with Gasteiger partial charge in [0.05, 0.1) is 18.0 Å². The average molecular weight is 450 g/mol. The van der Waals surface area contributed by atoms with Gasteiger partial charge in [0, 0.05) is 24.0 Å². The Morgan fingerprint density at radius 2 is 2.12 bits per heavy atom. The summed E-state index contributed by atoms with van der Waals surface area (Å²) in [5.74, 6) is 0.853. The number of furan rings is 1. The smallest absolute Gasteiger partial charge is 0.292 e. The molecule has 4 aromatic rings. The zero-order valence-corrected chi connectivity index (χ0v) is 19.2. The van der Waals surface area contributed by atoms with Crippen LogP contribution in [-0.4, -0.2) is 69.4 Å². The number of anilines is 1. The fourth-order valence-corrected chi connectivity index (χ4v) is 4.64. The zero-order valence-electron chi connectivity index (χ0n) is 19.2. The highest BCUT2D eigenvalue weighted by molar-refractivity contribution is 6.01. The third-order valence-corrected chi connectivity index (χ3v) is 6.28. The summed E-state index contributed by atoms with van der Waals surface area (Å²) < 4.78 is 8.09. The van der Waals surface area contributed by atoms with Crippen molar-refractivity contribution in [2.24, 2.45) is 0 Å². The monoisotopic (exact) mass is 449 g/mol. The normalized spacial score (nSPS) is 16.5. The Hall–Kier alpha value is -3.66. The minimum Gasteiger partial charge on any atom is -0.454 e. The van der Waals surface area contributed by atoms with Crippen molar-refractivity contribution >= 4 is 33.6 Å². The molecule has 1 fully saturated rings. The van der Waals surface area contributed by atoms with Gasteiger partial charge in [-0.25, -0.2) is 5.10 Å². The molecule has 1 unspecified atom stereocenters. The van der Waals surface area contributed by atoms with Crippen LogP contribution < -0.4 is 11.3 Å². The van der Waals surface area contributed by atoms with Crippen molar-refractivity contribution in [2.75, 3.05) is 39.5 Å². The summed E-state index contributed by atoms with van der Waals surface area (Å²) in [7, 11) is 3.75. The first kappa shape index (κ1) is 21.2. The molecule has 0 spiro atoms. The van der Waals surface area contributed by atoms with E-state index in [1.807, 2.05) is 49.9 Å². The minimum atomic E-state index is -0.414. The largest absolute Gasteiger partial charge is 0.454 e. The van der Waals surface area contributed by atoms with Gasteiger partial charge in [-0.05, 0) is 46.5 Å². The van der Waals surface area contributed by atoms with Gasteiger partial charge >= 0.3 is 0 Å². The topological polar surface area (TPSA) is 126 Å². The maximum atomic E-state index is 12.6. The van der Waals surface area contributed by atoms with E-state index in [0.29, 0.717) is 42.9 Å². The lowest BCUT2D eigenvalue weighted by Crippen LogP contribution is -2.36. The third-order valence-electron chi connectivity index (χ3n) is 6.28. The van der Waals surface area contributed by atoms with Gasteiger partial charge < -0.3 is 20.0 Å². The molecule has 33 heavy (non-hydrogen) atoms. The number of hydrogen-bond acceptors (Lipinski definition) is 7. The number of aryl methyl sites for hydroxylation is 2. The van der Waals surface area contributed by atoms with Gasteiger partial charge in [0.2, 0.25) is 5.91 Å². The Kier molecular flexibility index (Phi) is 4.97. The number of fused-ring (bicyclic) bond motifs is 2. The van der Waals surface area contributed by atoms with Crippen LogP contribution in [0, 0.1) is 13.8 Å². The van der Waals surface area contributed by atoms with E-state index >= 15 is 0 Å². The van der Waals surface area contributed by atoms with E-state index in [9.17, 15) is 9.59 Å². The van der Waals surface area contributed by atoms with Gasteiger partial charge in [-0.1, -0.05) is 11.6 Å². The Bertz CT molecular complexity index is 1450. The Labute approximate surface area is 189 Å². The molecule has 0 aliphatic carbocycles. The maximum absolute atomic E-state index is 12.6. The number of carbonyl (C=O) groups excluding carboxylic acids is 1. The molecule has 10 nitrogen and oxygen atoms in total. The second kappa shape index (κ2) is 7.73. The van der Waals surface area contributed by atoms with Crippen LogP contribution in [0.1, 0.15) is 23.6 Å². The van der Waals surface area contributed by atoms with Gasteiger partial charge in [0.25, 0.3) is 5.56 Å². The minimum absolute atomic E-state index is 0.0650. The standard InChI is InChI=1S/C23H27N7O3/c1-12-5-6-16-15(9-12)13(2)21(33-16)20-18-19(23(32)26-25-22(18)24)27-30(20)14-7-8-29(10-14)17(31)11-28(3)4/h5-6,9,14H,7-8,10-11H2,1-4H3,(H2,24,25)(H,26,32). The molecule has 172 valence electrons. The molecule has 1 atom stereocenters. The molecule has 3 aromatic heterocycles. The summed E-state index contributed by atoms with van der Waals surface area (Å²) in [6.45, 7) is 5.48. The van der Waals surface area contributed by atoms with Crippen LogP contribution in [0.15, 0.2) is 27.4 Å². The predicted molar refractivity (Wildman–Crippen MR) is 126 cm³/mol. The number of likely N-dealkylation sites (tertiary alicyclic amines) is 1. The number of likely N-dealkylation sites (N-methyl/N-ethyl adjacent to an activating group) is 1. The molecule has 1 amide bonds. The number of rotatable bonds is 4. The first-order valence-electron chi connectivity index (χ1n) is 10.9. The van der Waals surface area contributed by atoms with Crippen molar-refractivity contribution in [3.8, 4) is 11.5 Å². The molecule has 1 saturated heterocycles. The molecule has 3 N–H and O–H groups in total. The second-order valence-corrected chi connectivity index (χ2v) is 9.03. The highest BCUT2D eigenvalue weighted by Gasteiger charge is 2.33. The molecule has 1 aliphatic rings. The summed E-state index contributed by atoms with van der Waals surface area (Å²) in [6.07, 6.45) is 0.712. The molecule has 1 aromatic carbocycles. The van der Waals surface area contributed by atoms with Crippen molar-refractivity contribution < 1.29 is 9.21 Å². The van der Waals surface area contributed by atoms with Crippen molar-refractivity contribution in [1.29, 1.82) is 0 Å². The van der Waals surface area contributed by atoms with E-state index in [0.717, 1.165) is 22.1 Å². The van der Waals surface area contributed by atoms with Crippen molar-refractivity contribution in [2.45, 2.75) is 26.3 Å². The van der Waals surface area contributed by atoms with Crippen molar-refractivity contribution in [1.82, 2.24) is 29.8 Å². The second-order valence-electron chi connectivity index (χ2n) is 9.03. The number of aromatic nitrogens is 4. The van der Waals surface area contributed by atoms with Gasteiger partial charge in [0.1, 0.15) is 11.3 Å². The first-order valence-corrected chi connectivity index (χ1v) is 10.9. The van der Waals surface area contributed by atoms with Crippen LogP contribution in [0.4, 0.5) is 5.82 Å². The Morgan fingerprint density at radius 1 is 1.33 bits per heavy atom. The van der Waals surface area contributed by atoms with Crippen LogP contribution in [0.5, 0.6) is 0 Å². The number of nitrogen functional groups attached to an aromatic ring is 1. The summed E-state index contributed by atoms with van der Waals surface area (Å²) in [5.41, 5.74) is 9.47. The van der Waals surface area contributed by atoms with Gasteiger partial charge in [0.15, 0.2) is 17.1 Å². The van der Waals surface area contributed by atoms with Crippen LogP contribution in [0.3, 0.4) is 0 Å². The van der Waals surface area contributed by atoms with E-state index < -0.39 is 5.56 Å². The van der Waals surface area contributed by atoms with E-state index in [-0.39, 0.29) is 23.3 Å². The molecule has 0 radical (unpaired) electrons. The van der Waals surface area contributed by atoms with E-state index in [1.165, 1.54) is 0 Å². The molecule has 10 heteroatoms. The highest BCUT2D eigenvalue weighted by atomic mass is 16.3.